The van der Waals surface area contributed by atoms with Gasteiger partial charge in [0.25, 0.3) is 0 Å². The van der Waals surface area contributed by atoms with Crippen LogP contribution in [-0.4, -0.2) is 62.3 Å². The van der Waals surface area contributed by atoms with E-state index in [-0.39, 0.29) is 0 Å². The number of likely N-dealkylation sites (N-methyl/N-ethyl adjacent to an activating group) is 1. The minimum Gasteiger partial charge on any atom is -0.374 e. The van der Waals surface area contributed by atoms with E-state index in [9.17, 15) is 0 Å². The fraction of sp³-hybridized carbons (Fsp3) is 1.00. The van der Waals surface area contributed by atoms with Crippen LogP contribution in [0.1, 0.15) is 19.8 Å². The molecule has 0 aromatic carbocycles. The number of hydrogen-bond donors (Lipinski definition) is 0. The molecule has 2 saturated heterocycles. The molecule has 0 aromatic heterocycles. The van der Waals surface area contributed by atoms with Gasteiger partial charge in [-0.15, -0.1) is 0 Å². The second kappa shape index (κ2) is 5.28. The summed E-state index contributed by atoms with van der Waals surface area (Å²) in [5.41, 5.74) is 0. The Morgan fingerprint density at radius 3 is 2.60 bits per heavy atom. The minimum atomic E-state index is 0.442. The maximum absolute atomic E-state index is 5.79. The van der Waals surface area contributed by atoms with Gasteiger partial charge in [-0.2, -0.15) is 0 Å². The van der Waals surface area contributed by atoms with Crippen molar-refractivity contribution >= 4 is 0 Å². The van der Waals surface area contributed by atoms with Crippen molar-refractivity contribution in [2.24, 2.45) is 5.92 Å². The zero-order valence-corrected chi connectivity index (χ0v) is 10.1. The molecule has 0 aliphatic carbocycles. The van der Waals surface area contributed by atoms with Crippen LogP contribution < -0.4 is 0 Å². The monoisotopic (exact) mass is 212 g/mol. The van der Waals surface area contributed by atoms with E-state index in [1.807, 2.05) is 0 Å². The van der Waals surface area contributed by atoms with Crippen molar-refractivity contribution in [2.75, 3.05) is 46.4 Å². The molecule has 0 amide bonds. The molecule has 1 atom stereocenters. The van der Waals surface area contributed by atoms with E-state index in [0.717, 1.165) is 32.2 Å². The van der Waals surface area contributed by atoms with Crippen LogP contribution in [0.25, 0.3) is 0 Å². The van der Waals surface area contributed by atoms with E-state index >= 15 is 0 Å². The summed E-state index contributed by atoms with van der Waals surface area (Å²) in [6.45, 7) is 9.14. The SMILES string of the molecule is CC1CCN(CC2CN(C)CCO2)CC1. The number of piperidine rings is 1. The molecule has 0 radical (unpaired) electrons. The Bertz CT molecular complexity index is 190. The van der Waals surface area contributed by atoms with Crippen LogP contribution in [0.15, 0.2) is 0 Å². The van der Waals surface area contributed by atoms with Crippen LogP contribution in [0.4, 0.5) is 0 Å². The highest BCUT2D eigenvalue weighted by molar-refractivity contribution is 4.76. The molecule has 0 aromatic rings. The van der Waals surface area contributed by atoms with E-state index in [2.05, 4.69) is 23.8 Å². The fourth-order valence-corrected chi connectivity index (χ4v) is 2.51. The van der Waals surface area contributed by atoms with Gasteiger partial charge in [-0.05, 0) is 38.9 Å². The first-order valence-electron chi connectivity index (χ1n) is 6.26. The first-order chi connectivity index (χ1) is 7.24. The van der Waals surface area contributed by atoms with E-state index in [1.165, 1.54) is 25.9 Å². The van der Waals surface area contributed by atoms with Crippen molar-refractivity contribution in [1.29, 1.82) is 0 Å². The Kier molecular flexibility index (Phi) is 4.00. The van der Waals surface area contributed by atoms with Gasteiger partial charge in [0, 0.05) is 19.6 Å². The molecule has 0 N–H and O–H groups in total. The van der Waals surface area contributed by atoms with E-state index in [1.54, 1.807) is 0 Å². The number of morpholine rings is 1. The number of rotatable bonds is 2. The summed E-state index contributed by atoms with van der Waals surface area (Å²) in [5, 5.41) is 0. The summed E-state index contributed by atoms with van der Waals surface area (Å²) >= 11 is 0. The average molecular weight is 212 g/mol. The molecule has 88 valence electrons. The van der Waals surface area contributed by atoms with Gasteiger partial charge in [-0.1, -0.05) is 6.92 Å². The van der Waals surface area contributed by atoms with Gasteiger partial charge in [0.2, 0.25) is 0 Å². The van der Waals surface area contributed by atoms with Crippen LogP contribution in [0, 0.1) is 5.92 Å². The molecule has 0 bridgehead atoms. The van der Waals surface area contributed by atoms with Crippen molar-refractivity contribution in [3.8, 4) is 0 Å². The molecule has 1 unspecified atom stereocenters. The normalized spacial score (nSPS) is 32.0. The second-order valence-corrected chi connectivity index (χ2v) is 5.24. The van der Waals surface area contributed by atoms with Crippen LogP contribution in [0.5, 0.6) is 0 Å². The lowest BCUT2D eigenvalue weighted by molar-refractivity contribution is -0.0390. The number of nitrogens with zero attached hydrogens (tertiary/aromatic N) is 2. The van der Waals surface area contributed by atoms with Crippen LogP contribution >= 0.6 is 0 Å². The molecule has 0 spiro atoms. The van der Waals surface area contributed by atoms with Gasteiger partial charge in [0.05, 0.1) is 12.7 Å². The Morgan fingerprint density at radius 1 is 1.20 bits per heavy atom. The summed E-state index contributed by atoms with van der Waals surface area (Å²) in [5.74, 6) is 0.927. The Labute approximate surface area is 93.4 Å². The largest absolute Gasteiger partial charge is 0.374 e. The highest BCUT2D eigenvalue weighted by atomic mass is 16.5. The molecule has 2 fully saturated rings. The number of likely N-dealkylation sites (tertiary alicyclic amines) is 1. The lowest BCUT2D eigenvalue weighted by Gasteiger charge is -2.36. The van der Waals surface area contributed by atoms with Crippen molar-refractivity contribution < 1.29 is 4.74 Å². The van der Waals surface area contributed by atoms with E-state index in [0.29, 0.717) is 6.10 Å². The standard InChI is InChI=1S/C12H24N2O/c1-11-3-5-14(6-4-11)10-12-9-13(2)7-8-15-12/h11-12H,3-10H2,1-2H3. The van der Waals surface area contributed by atoms with Gasteiger partial charge in [-0.25, -0.2) is 0 Å². The third kappa shape index (κ3) is 3.44. The minimum absolute atomic E-state index is 0.442. The maximum atomic E-state index is 5.79. The quantitative estimate of drug-likeness (QED) is 0.680. The highest BCUT2D eigenvalue weighted by Gasteiger charge is 2.22. The van der Waals surface area contributed by atoms with Gasteiger partial charge < -0.3 is 14.5 Å². The van der Waals surface area contributed by atoms with Crippen molar-refractivity contribution in [3.05, 3.63) is 0 Å². The zero-order chi connectivity index (χ0) is 10.7. The molecule has 2 rings (SSSR count). The first-order valence-corrected chi connectivity index (χ1v) is 6.26. The molecule has 15 heavy (non-hydrogen) atoms. The predicted octanol–water partition coefficient (Wildman–Crippen LogP) is 1.05. The molecule has 0 saturated carbocycles. The molecule has 2 aliphatic rings. The van der Waals surface area contributed by atoms with Gasteiger partial charge in [0.1, 0.15) is 0 Å². The molecular weight excluding hydrogens is 188 g/mol. The Balaban J connectivity index is 1.71. The Morgan fingerprint density at radius 2 is 1.93 bits per heavy atom. The summed E-state index contributed by atoms with van der Waals surface area (Å²) in [7, 11) is 2.19. The van der Waals surface area contributed by atoms with Gasteiger partial charge in [-0.3, -0.25) is 0 Å². The maximum Gasteiger partial charge on any atom is 0.0829 e. The number of hydrogen-bond acceptors (Lipinski definition) is 3. The third-order valence-electron chi connectivity index (χ3n) is 3.68. The summed E-state index contributed by atoms with van der Waals surface area (Å²) < 4.78 is 5.79. The highest BCUT2D eigenvalue weighted by Crippen LogP contribution is 2.17. The van der Waals surface area contributed by atoms with E-state index < -0.39 is 0 Å². The van der Waals surface area contributed by atoms with Crippen LogP contribution in [0.3, 0.4) is 0 Å². The molecule has 2 heterocycles. The first kappa shape index (κ1) is 11.4. The molecular formula is C12H24N2O. The fourth-order valence-electron chi connectivity index (χ4n) is 2.51. The Hall–Kier alpha value is -0.120. The molecule has 3 heteroatoms. The smallest absolute Gasteiger partial charge is 0.0829 e. The second-order valence-electron chi connectivity index (χ2n) is 5.24. The number of ether oxygens (including phenoxy) is 1. The van der Waals surface area contributed by atoms with Crippen LogP contribution in [0.2, 0.25) is 0 Å². The molecule has 3 nitrogen and oxygen atoms in total. The lowest BCUT2D eigenvalue weighted by Crippen LogP contribution is -2.47. The van der Waals surface area contributed by atoms with E-state index in [4.69, 9.17) is 4.74 Å². The van der Waals surface area contributed by atoms with Crippen molar-refractivity contribution in [2.45, 2.75) is 25.9 Å². The third-order valence-corrected chi connectivity index (χ3v) is 3.68. The summed E-state index contributed by atoms with van der Waals surface area (Å²) in [6.07, 6.45) is 3.17. The van der Waals surface area contributed by atoms with Crippen LogP contribution in [-0.2, 0) is 4.74 Å². The van der Waals surface area contributed by atoms with Crippen molar-refractivity contribution in [3.63, 3.8) is 0 Å². The lowest BCUT2D eigenvalue weighted by atomic mass is 9.99. The van der Waals surface area contributed by atoms with Gasteiger partial charge in [0.15, 0.2) is 0 Å². The summed E-state index contributed by atoms with van der Waals surface area (Å²) in [6, 6.07) is 0. The zero-order valence-electron chi connectivity index (χ0n) is 10.1. The summed E-state index contributed by atoms with van der Waals surface area (Å²) in [4.78, 5) is 4.95. The topological polar surface area (TPSA) is 15.7 Å². The predicted molar refractivity (Wildman–Crippen MR) is 62.1 cm³/mol. The van der Waals surface area contributed by atoms with Crippen molar-refractivity contribution in [1.82, 2.24) is 9.80 Å². The average Bonchev–Trinajstić information content (AvgIpc) is 2.22. The van der Waals surface area contributed by atoms with Gasteiger partial charge >= 0.3 is 0 Å². The molecule has 2 aliphatic heterocycles.